The molecular formula is C9H10ClNO. The summed E-state index contributed by atoms with van der Waals surface area (Å²) < 4.78 is 0. The lowest BCUT2D eigenvalue weighted by Gasteiger charge is -2.07. The number of hydrogen-bond acceptors (Lipinski definition) is 2. The van der Waals surface area contributed by atoms with Crippen molar-refractivity contribution < 1.29 is 5.11 Å². The molecule has 0 spiro atoms. The predicted molar refractivity (Wildman–Crippen MR) is 47.1 cm³/mol. The highest BCUT2D eigenvalue weighted by atomic mass is 35.5. The quantitative estimate of drug-likeness (QED) is 0.710. The zero-order valence-electron chi connectivity index (χ0n) is 6.63. The standard InChI is InChI=1S/C9H10ClNO/c10-8-7(2-1-5-11-8)6-9(12)3-4-9/h1-2,5,12H,3-4,6H2. The van der Waals surface area contributed by atoms with E-state index in [-0.39, 0.29) is 0 Å². The average molecular weight is 184 g/mol. The van der Waals surface area contributed by atoms with Crippen LogP contribution in [0.15, 0.2) is 18.3 Å². The van der Waals surface area contributed by atoms with Crippen molar-refractivity contribution >= 4 is 11.6 Å². The molecule has 0 atom stereocenters. The lowest BCUT2D eigenvalue weighted by atomic mass is 10.1. The van der Waals surface area contributed by atoms with Crippen LogP contribution < -0.4 is 0 Å². The Bertz CT molecular complexity index is 296. The normalized spacial score (nSPS) is 19.2. The van der Waals surface area contributed by atoms with E-state index in [9.17, 15) is 5.11 Å². The molecule has 0 aromatic carbocycles. The topological polar surface area (TPSA) is 33.1 Å². The van der Waals surface area contributed by atoms with Crippen molar-refractivity contribution in [2.24, 2.45) is 0 Å². The Morgan fingerprint density at radius 3 is 2.92 bits per heavy atom. The smallest absolute Gasteiger partial charge is 0.132 e. The van der Waals surface area contributed by atoms with Crippen molar-refractivity contribution in [3.63, 3.8) is 0 Å². The summed E-state index contributed by atoms with van der Waals surface area (Å²) in [6.07, 6.45) is 4.07. The monoisotopic (exact) mass is 183 g/mol. The summed E-state index contributed by atoms with van der Waals surface area (Å²) >= 11 is 5.84. The lowest BCUT2D eigenvalue weighted by Crippen LogP contribution is -2.11. The van der Waals surface area contributed by atoms with E-state index in [4.69, 9.17) is 11.6 Å². The number of halogens is 1. The van der Waals surface area contributed by atoms with Gasteiger partial charge < -0.3 is 5.11 Å². The number of pyridine rings is 1. The van der Waals surface area contributed by atoms with Crippen LogP contribution in [-0.4, -0.2) is 15.7 Å². The Labute approximate surface area is 76.2 Å². The molecule has 64 valence electrons. The first-order valence-corrected chi connectivity index (χ1v) is 4.39. The molecule has 1 heterocycles. The van der Waals surface area contributed by atoms with E-state index in [2.05, 4.69) is 4.98 Å². The van der Waals surface area contributed by atoms with E-state index in [0.29, 0.717) is 11.6 Å². The Morgan fingerprint density at radius 2 is 2.33 bits per heavy atom. The van der Waals surface area contributed by atoms with Crippen LogP contribution in [0.5, 0.6) is 0 Å². The second-order valence-corrected chi connectivity index (χ2v) is 3.71. The Kier molecular flexibility index (Phi) is 1.81. The van der Waals surface area contributed by atoms with Gasteiger partial charge in [-0.3, -0.25) is 0 Å². The lowest BCUT2D eigenvalue weighted by molar-refractivity contribution is 0.151. The van der Waals surface area contributed by atoms with Crippen molar-refractivity contribution in [2.45, 2.75) is 24.9 Å². The number of aromatic nitrogens is 1. The van der Waals surface area contributed by atoms with Crippen molar-refractivity contribution in [1.82, 2.24) is 4.98 Å². The summed E-state index contributed by atoms with van der Waals surface area (Å²) in [5.41, 5.74) is 0.464. The van der Waals surface area contributed by atoms with Gasteiger partial charge in [0.25, 0.3) is 0 Å². The molecule has 1 aliphatic rings. The Balaban J connectivity index is 2.17. The van der Waals surface area contributed by atoms with E-state index in [1.54, 1.807) is 6.20 Å². The van der Waals surface area contributed by atoms with Crippen molar-refractivity contribution in [1.29, 1.82) is 0 Å². The summed E-state index contributed by atoms with van der Waals surface area (Å²) in [4.78, 5) is 3.95. The van der Waals surface area contributed by atoms with E-state index < -0.39 is 5.60 Å². The molecule has 0 amide bonds. The highest BCUT2D eigenvalue weighted by Crippen LogP contribution is 2.39. The van der Waals surface area contributed by atoms with E-state index in [0.717, 1.165) is 18.4 Å². The fraction of sp³-hybridized carbons (Fsp3) is 0.444. The van der Waals surface area contributed by atoms with E-state index in [1.165, 1.54) is 0 Å². The highest BCUT2D eigenvalue weighted by molar-refractivity contribution is 6.30. The van der Waals surface area contributed by atoms with Crippen LogP contribution in [0.4, 0.5) is 0 Å². The number of aliphatic hydroxyl groups is 1. The Morgan fingerprint density at radius 1 is 1.58 bits per heavy atom. The van der Waals surface area contributed by atoms with Crippen molar-refractivity contribution in [3.8, 4) is 0 Å². The van der Waals surface area contributed by atoms with Gasteiger partial charge in [-0.15, -0.1) is 0 Å². The fourth-order valence-corrected chi connectivity index (χ4v) is 1.41. The molecule has 2 nitrogen and oxygen atoms in total. The maximum atomic E-state index is 9.62. The largest absolute Gasteiger partial charge is 0.390 e. The molecule has 1 fully saturated rings. The summed E-state index contributed by atoms with van der Waals surface area (Å²) in [6.45, 7) is 0. The van der Waals surface area contributed by atoms with Crippen LogP contribution in [0, 0.1) is 0 Å². The molecular weight excluding hydrogens is 174 g/mol. The summed E-state index contributed by atoms with van der Waals surface area (Å²) in [7, 11) is 0. The fourth-order valence-electron chi connectivity index (χ4n) is 1.23. The molecule has 1 saturated carbocycles. The molecule has 1 aromatic rings. The second-order valence-electron chi connectivity index (χ2n) is 3.35. The summed E-state index contributed by atoms with van der Waals surface area (Å²) in [5, 5.41) is 10.1. The van der Waals surface area contributed by atoms with Gasteiger partial charge in [-0.1, -0.05) is 17.7 Å². The average Bonchev–Trinajstić information content (AvgIpc) is 2.74. The molecule has 1 aliphatic carbocycles. The number of nitrogens with zero attached hydrogens (tertiary/aromatic N) is 1. The molecule has 12 heavy (non-hydrogen) atoms. The van der Waals surface area contributed by atoms with Gasteiger partial charge in [-0.25, -0.2) is 4.98 Å². The van der Waals surface area contributed by atoms with Crippen LogP contribution in [0.3, 0.4) is 0 Å². The van der Waals surface area contributed by atoms with Gasteiger partial charge in [0.15, 0.2) is 0 Å². The van der Waals surface area contributed by atoms with Gasteiger partial charge in [0.2, 0.25) is 0 Å². The van der Waals surface area contributed by atoms with Gasteiger partial charge in [-0.2, -0.15) is 0 Å². The minimum Gasteiger partial charge on any atom is -0.390 e. The molecule has 0 radical (unpaired) electrons. The van der Waals surface area contributed by atoms with Gasteiger partial charge in [0, 0.05) is 12.6 Å². The molecule has 0 aliphatic heterocycles. The molecule has 3 heteroatoms. The third-order valence-electron chi connectivity index (χ3n) is 2.18. The van der Waals surface area contributed by atoms with Crippen LogP contribution in [0.2, 0.25) is 5.15 Å². The predicted octanol–water partition coefficient (Wildman–Crippen LogP) is 1.80. The molecule has 2 rings (SSSR count). The van der Waals surface area contributed by atoms with Gasteiger partial charge >= 0.3 is 0 Å². The van der Waals surface area contributed by atoms with Crippen LogP contribution >= 0.6 is 11.6 Å². The second kappa shape index (κ2) is 2.71. The Hall–Kier alpha value is -0.600. The SMILES string of the molecule is OC1(Cc2cccnc2Cl)CC1. The minimum absolute atomic E-state index is 0.479. The molecule has 0 bridgehead atoms. The van der Waals surface area contributed by atoms with Crippen molar-refractivity contribution in [2.75, 3.05) is 0 Å². The third-order valence-corrected chi connectivity index (χ3v) is 2.52. The van der Waals surface area contributed by atoms with Crippen LogP contribution in [-0.2, 0) is 6.42 Å². The molecule has 0 saturated heterocycles. The third kappa shape index (κ3) is 1.59. The summed E-state index contributed by atoms with van der Waals surface area (Å²) in [6, 6.07) is 3.75. The minimum atomic E-state index is -0.479. The first kappa shape index (κ1) is 8.02. The van der Waals surface area contributed by atoms with Crippen molar-refractivity contribution in [3.05, 3.63) is 29.0 Å². The first-order valence-electron chi connectivity index (χ1n) is 4.01. The van der Waals surface area contributed by atoms with E-state index in [1.807, 2.05) is 12.1 Å². The number of hydrogen-bond donors (Lipinski definition) is 1. The highest BCUT2D eigenvalue weighted by Gasteiger charge is 2.40. The first-order chi connectivity index (χ1) is 5.70. The maximum absolute atomic E-state index is 9.62. The van der Waals surface area contributed by atoms with Gasteiger partial charge in [0.1, 0.15) is 5.15 Å². The van der Waals surface area contributed by atoms with Crippen LogP contribution in [0.25, 0.3) is 0 Å². The van der Waals surface area contributed by atoms with Gasteiger partial charge in [0.05, 0.1) is 5.60 Å². The molecule has 0 unspecified atom stereocenters. The molecule has 1 N–H and O–H groups in total. The van der Waals surface area contributed by atoms with Crippen LogP contribution in [0.1, 0.15) is 18.4 Å². The number of rotatable bonds is 2. The van der Waals surface area contributed by atoms with E-state index >= 15 is 0 Å². The zero-order chi connectivity index (χ0) is 8.60. The molecule has 1 aromatic heterocycles. The zero-order valence-corrected chi connectivity index (χ0v) is 7.38. The summed E-state index contributed by atoms with van der Waals surface area (Å²) in [5.74, 6) is 0. The maximum Gasteiger partial charge on any atom is 0.132 e. The van der Waals surface area contributed by atoms with Gasteiger partial charge in [-0.05, 0) is 24.5 Å².